The van der Waals surface area contributed by atoms with Crippen LogP contribution in [0.4, 0.5) is 10.1 Å². The number of nitrogens with one attached hydrogen (secondary N) is 1. The third-order valence-electron chi connectivity index (χ3n) is 4.77. The van der Waals surface area contributed by atoms with Crippen LogP contribution in [-0.2, 0) is 4.79 Å². The molecule has 1 N–H and O–H groups in total. The molecule has 3 aromatic rings. The monoisotopic (exact) mass is 384 g/mol. The van der Waals surface area contributed by atoms with E-state index in [-0.39, 0.29) is 11.7 Å². The Morgan fingerprint density at radius 1 is 1.15 bits per heavy atom. The Morgan fingerprint density at radius 3 is 2.63 bits per heavy atom. The van der Waals surface area contributed by atoms with Gasteiger partial charge in [0.25, 0.3) is 0 Å². The Bertz CT molecular complexity index is 948. The van der Waals surface area contributed by atoms with Gasteiger partial charge in [-0.2, -0.15) is 0 Å². The average molecular weight is 384 g/mol. The summed E-state index contributed by atoms with van der Waals surface area (Å²) in [5.41, 5.74) is 4.09. The number of benzene rings is 2. The van der Waals surface area contributed by atoms with Gasteiger partial charge in [0.1, 0.15) is 5.82 Å². The number of anilines is 1. The van der Waals surface area contributed by atoms with E-state index in [2.05, 4.69) is 20.9 Å². The second kappa shape index (κ2) is 7.60. The number of amides is 1. The predicted octanol–water partition coefficient (Wildman–Crippen LogP) is 3.45. The largest absolute Gasteiger partial charge is 0.368 e. The minimum Gasteiger partial charge on any atom is -0.368 e. The van der Waals surface area contributed by atoms with Gasteiger partial charge in [0.2, 0.25) is 5.91 Å². The van der Waals surface area contributed by atoms with Gasteiger partial charge >= 0.3 is 0 Å². The van der Waals surface area contributed by atoms with Crippen molar-refractivity contribution in [3.05, 3.63) is 53.8 Å². The summed E-state index contributed by atoms with van der Waals surface area (Å²) in [5, 5.41) is 0.772. The number of rotatable bonds is 4. The standard InChI is InChI=1S/C20H21FN4OS/c1-14-2-7-17-18(12-14)23-20(22-17)27-13-19(26)25-10-8-24(9-11-25)16-5-3-15(21)4-6-16/h2-7,12H,8-11,13H2,1H3,(H,22,23). The molecule has 7 heteroatoms. The van der Waals surface area contributed by atoms with E-state index in [1.165, 1.54) is 29.5 Å². The highest BCUT2D eigenvalue weighted by molar-refractivity contribution is 7.99. The lowest BCUT2D eigenvalue weighted by molar-refractivity contribution is -0.128. The van der Waals surface area contributed by atoms with Gasteiger partial charge in [-0.1, -0.05) is 17.8 Å². The van der Waals surface area contributed by atoms with Crippen LogP contribution >= 0.6 is 11.8 Å². The fourth-order valence-electron chi connectivity index (χ4n) is 3.26. The molecule has 1 aromatic heterocycles. The molecule has 0 atom stereocenters. The lowest BCUT2D eigenvalue weighted by Gasteiger charge is -2.36. The maximum absolute atomic E-state index is 13.1. The summed E-state index contributed by atoms with van der Waals surface area (Å²) in [7, 11) is 0. The fraction of sp³-hybridized carbons (Fsp3) is 0.300. The number of H-pyrrole nitrogens is 1. The Hall–Kier alpha value is -2.54. The molecule has 5 nitrogen and oxygen atoms in total. The van der Waals surface area contributed by atoms with Crippen molar-refractivity contribution in [2.45, 2.75) is 12.1 Å². The Kier molecular flexibility index (Phi) is 5.03. The zero-order valence-electron chi connectivity index (χ0n) is 15.1. The zero-order chi connectivity index (χ0) is 18.8. The quantitative estimate of drug-likeness (QED) is 0.700. The molecule has 4 rings (SSSR count). The van der Waals surface area contributed by atoms with E-state index in [4.69, 9.17) is 0 Å². The van der Waals surface area contributed by atoms with Gasteiger partial charge in [0, 0.05) is 31.9 Å². The molecule has 0 spiro atoms. The Balaban J connectivity index is 1.30. The lowest BCUT2D eigenvalue weighted by Crippen LogP contribution is -2.49. The van der Waals surface area contributed by atoms with Gasteiger partial charge in [0.05, 0.1) is 16.8 Å². The third kappa shape index (κ3) is 4.08. The van der Waals surface area contributed by atoms with Crippen molar-refractivity contribution >= 4 is 34.4 Å². The van der Waals surface area contributed by atoms with Crippen molar-refractivity contribution in [1.82, 2.24) is 14.9 Å². The number of aromatic amines is 1. The van der Waals surface area contributed by atoms with Crippen LogP contribution < -0.4 is 4.90 Å². The maximum Gasteiger partial charge on any atom is 0.233 e. The second-order valence-corrected chi connectivity index (χ2v) is 7.66. The number of thioether (sulfide) groups is 1. The first-order chi connectivity index (χ1) is 13.1. The summed E-state index contributed by atoms with van der Waals surface area (Å²) in [5.74, 6) is 0.260. The molecule has 0 saturated carbocycles. The number of hydrogen-bond donors (Lipinski definition) is 1. The molecule has 0 bridgehead atoms. The maximum atomic E-state index is 13.1. The number of halogens is 1. The van der Waals surface area contributed by atoms with E-state index >= 15 is 0 Å². The van der Waals surface area contributed by atoms with E-state index in [0.29, 0.717) is 18.8 Å². The van der Waals surface area contributed by atoms with E-state index < -0.39 is 0 Å². The number of piperazine rings is 1. The van der Waals surface area contributed by atoms with Gasteiger partial charge in [-0.15, -0.1) is 0 Å². The van der Waals surface area contributed by atoms with Crippen LogP contribution in [0.3, 0.4) is 0 Å². The van der Waals surface area contributed by atoms with E-state index in [9.17, 15) is 9.18 Å². The van der Waals surface area contributed by atoms with Crippen LogP contribution in [0.2, 0.25) is 0 Å². The van der Waals surface area contributed by atoms with Crippen molar-refractivity contribution in [2.75, 3.05) is 36.8 Å². The van der Waals surface area contributed by atoms with Crippen LogP contribution in [0.15, 0.2) is 47.6 Å². The van der Waals surface area contributed by atoms with Gasteiger partial charge in [-0.3, -0.25) is 4.79 Å². The third-order valence-corrected chi connectivity index (χ3v) is 5.63. The van der Waals surface area contributed by atoms with E-state index in [1.807, 2.05) is 24.0 Å². The number of nitrogens with zero attached hydrogens (tertiary/aromatic N) is 3. The first kappa shape index (κ1) is 17.9. The second-order valence-electron chi connectivity index (χ2n) is 6.70. The minimum atomic E-state index is -0.231. The van der Waals surface area contributed by atoms with Gasteiger partial charge in [-0.05, 0) is 48.9 Å². The Morgan fingerprint density at radius 2 is 1.89 bits per heavy atom. The highest BCUT2D eigenvalue weighted by Crippen LogP contribution is 2.21. The smallest absolute Gasteiger partial charge is 0.233 e. The van der Waals surface area contributed by atoms with Crippen molar-refractivity contribution in [2.24, 2.45) is 0 Å². The molecule has 1 saturated heterocycles. The molecule has 140 valence electrons. The number of aryl methyl sites for hydroxylation is 1. The molecule has 1 amide bonds. The molecular formula is C20H21FN4OS. The summed E-state index contributed by atoms with van der Waals surface area (Å²) >= 11 is 1.44. The van der Waals surface area contributed by atoms with Crippen molar-refractivity contribution in [3.63, 3.8) is 0 Å². The molecule has 1 fully saturated rings. The van der Waals surface area contributed by atoms with Gasteiger partial charge in [-0.25, -0.2) is 9.37 Å². The number of imidazole rings is 1. The molecule has 0 unspecified atom stereocenters. The highest BCUT2D eigenvalue weighted by Gasteiger charge is 2.21. The number of hydrogen-bond acceptors (Lipinski definition) is 4. The fourth-order valence-corrected chi connectivity index (χ4v) is 4.04. The van der Waals surface area contributed by atoms with Gasteiger partial charge < -0.3 is 14.8 Å². The van der Waals surface area contributed by atoms with Crippen LogP contribution in [0.5, 0.6) is 0 Å². The normalized spacial score (nSPS) is 14.7. The van der Waals surface area contributed by atoms with Crippen molar-refractivity contribution in [3.8, 4) is 0 Å². The number of aromatic nitrogens is 2. The van der Waals surface area contributed by atoms with Crippen LogP contribution in [0.1, 0.15) is 5.56 Å². The van der Waals surface area contributed by atoms with Crippen molar-refractivity contribution < 1.29 is 9.18 Å². The zero-order valence-corrected chi connectivity index (χ0v) is 15.9. The average Bonchev–Trinajstić information content (AvgIpc) is 3.09. The van der Waals surface area contributed by atoms with Crippen LogP contribution in [-0.4, -0.2) is 52.7 Å². The van der Waals surface area contributed by atoms with Crippen LogP contribution in [0.25, 0.3) is 11.0 Å². The molecule has 27 heavy (non-hydrogen) atoms. The summed E-state index contributed by atoms with van der Waals surface area (Å²) in [6, 6.07) is 12.6. The number of fused-ring (bicyclic) bond motifs is 1. The predicted molar refractivity (Wildman–Crippen MR) is 107 cm³/mol. The molecule has 2 aromatic carbocycles. The highest BCUT2D eigenvalue weighted by atomic mass is 32.2. The minimum absolute atomic E-state index is 0.121. The topological polar surface area (TPSA) is 52.2 Å². The Labute approximate surface area is 161 Å². The summed E-state index contributed by atoms with van der Waals surface area (Å²) < 4.78 is 13.1. The van der Waals surface area contributed by atoms with Gasteiger partial charge in [0.15, 0.2) is 5.16 Å². The first-order valence-corrected chi connectivity index (χ1v) is 9.94. The molecule has 1 aliphatic heterocycles. The van der Waals surface area contributed by atoms with E-state index in [0.717, 1.165) is 35.0 Å². The number of carbonyl (C=O) groups is 1. The summed E-state index contributed by atoms with van der Waals surface area (Å²) in [6.45, 7) is 4.91. The van der Waals surface area contributed by atoms with Crippen molar-refractivity contribution in [1.29, 1.82) is 0 Å². The first-order valence-electron chi connectivity index (χ1n) is 8.96. The molecule has 0 aliphatic carbocycles. The molecule has 2 heterocycles. The number of carbonyl (C=O) groups excluding carboxylic acids is 1. The summed E-state index contributed by atoms with van der Waals surface area (Å²) in [6.07, 6.45) is 0. The van der Waals surface area contributed by atoms with E-state index in [1.54, 1.807) is 12.1 Å². The molecular weight excluding hydrogens is 363 g/mol. The van der Waals surface area contributed by atoms with Crippen LogP contribution in [0, 0.1) is 12.7 Å². The summed E-state index contributed by atoms with van der Waals surface area (Å²) in [4.78, 5) is 24.4. The lowest BCUT2D eigenvalue weighted by atomic mass is 10.2. The molecule has 0 radical (unpaired) electrons. The SMILES string of the molecule is Cc1ccc2nc(SCC(=O)N3CCN(c4ccc(F)cc4)CC3)[nH]c2c1. The molecule has 1 aliphatic rings.